The van der Waals surface area contributed by atoms with Crippen LogP contribution in [-0.2, 0) is 14.3 Å². The average molecular weight is 313 g/mol. The molecule has 0 aliphatic rings. The number of benzene rings is 1. The number of amides is 1. The summed E-state index contributed by atoms with van der Waals surface area (Å²) in [7, 11) is 1.58. The summed E-state index contributed by atoms with van der Waals surface area (Å²) in [5.41, 5.74) is 0.880. The molecule has 0 fully saturated rings. The first-order chi connectivity index (χ1) is 11.1. The molecule has 0 unspecified atom stereocenters. The number of anilines is 1. The van der Waals surface area contributed by atoms with Crippen LogP contribution in [0.1, 0.15) is 16.8 Å². The maximum Gasteiger partial charge on any atom is 0.340 e. The normalized spacial score (nSPS) is 9.96. The number of aromatic nitrogens is 2. The Morgan fingerprint density at radius 3 is 2.48 bits per heavy atom. The molecule has 7 heteroatoms. The number of hydrogen-bond donors (Lipinski definition) is 0. The summed E-state index contributed by atoms with van der Waals surface area (Å²) in [6.45, 7) is -0.463. The number of carbonyl (C=O) groups excluding carboxylic acids is 3. The molecular weight excluding hydrogens is 298 g/mol. The number of nitrogens with zero attached hydrogens (tertiary/aromatic N) is 3. The number of ether oxygens (including phenoxy) is 1. The highest BCUT2D eigenvalue weighted by Gasteiger charge is 2.17. The molecule has 0 saturated carbocycles. The van der Waals surface area contributed by atoms with Gasteiger partial charge in [-0.15, -0.1) is 0 Å². The van der Waals surface area contributed by atoms with Crippen molar-refractivity contribution in [2.75, 3.05) is 18.6 Å². The summed E-state index contributed by atoms with van der Waals surface area (Å²) < 4.78 is 4.85. The first-order valence-electron chi connectivity index (χ1n) is 6.85. The van der Waals surface area contributed by atoms with Crippen molar-refractivity contribution < 1.29 is 19.1 Å². The minimum absolute atomic E-state index is 0.195. The molecule has 2 aromatic rings. The summed E-state index contributed by atoms with van der Waals surface area (Å²) >= 11 is 0. The van der Waals surface area contributed by atoms with E-state index in [2.05, 4.69) is 10.2 Å². The van der Waals surface area contributed by atoms with Crippen molar-refractivity contribution in [2.24, 2.45) is 0 Å². The number of ketones is 1. The highest BCUT2D eigenvalue weighted by Crippen LogP contribution is 2.12. The van der Waals surface area contributed by atoms with E-state index >= 15 is 0 Å². The maximum atomic E-state index is 12.0. The molecular formula is C16H15N3O4. The van der Waals surface area contributed by atoms with E-state index in [-0.39, 0.29) is 17.9 Å². The van der Waals surface area contributed by atoms with Crippen molar-refractivity contribution >= 4 is 23.3 Å². The molecule has 0 aliphatic heterocycles. The molecule has 0 spiro atoms. The molecule has 2 rings (SSSR count). The Bertz CT molecular complexity index is 689. The van der Waals surface area contributed by atoms with Crippen LogP contribution in [0, 0.1) is 0 Å². The Hall–Kier alpha value is -3.09. The summed E-state index contributed by atoms with van der Waals surface area (Å²) in [5.74, 6) is -1.53. The van der Waals surface area contributed by atoms with Crippen LogP contribution in [0.2, 0.25) is 0 Å². The molecule has 7 nitrogen and oxygen atoms in total. The van der Waals surface area contributed by atoms with Gasteiger partial charge < -0.3 is 9.64 Å². The fraction of sp³-hybridized carbons (Fsp3) is 0.188. The monoisotopic (exact) mass is 313 g/mol. The van der Waals surface area contributed by atoms with Gasteiger partial charge in [-0.05, 0) is 18.2 Å². The topological polar surface area (TPSA) is 89.5 Å². The predicted octanol–water partition coefficient (Wildman–Crippen LogP) is 1.26. The van der Waals surface area contributed by atoms with E-state index in [4.69, 9.17) is 4.74 Å². The fourth-order valence-corrected chi connectivity index (χ4v) is 1.77. The molecule has 0 bridgehead atoms. The van der Waals surface area contributed by atoms with Gasteiger partial charge in [-0.1, -0.05) is 18.2 Å². The van der Waals surface area contributed by atoms with Crippen LogP contribution < -0.4 is 4.90 Å². The van der Waals surface area contributed by atoms with Gasteiger partial charge in [-0.3, -0.25) is 9.59 Å². The molecule has 1 amide bonds. The minimum Gasteiger partial charge on any atom is -0.454 e. The standard InChI is InChI=1S/C16H15N3O4/c1-19(13-5-3-2-4-6-13)15(21)9-14(20)11-23-16(22)12-7-8-17-18-10-12/h2-8,10H,9,11H2,1H3. The van der Waals surface area contributed by atoms with Gasteiger partial charge in [0.15, 0.2) is 12.4 Å². The highest BCUT2D eigenvalue weighted by molar-refractivity contribution is 6.06. The first kappa shape index (κ1) is 16.3. The van der Waals surface area contributed by atoms with Crippen LogP contribution in [0.25, 0.3) is 0 Å². The van der Waals surface area contributed by atoms with Gasteiger partial charge in [0.25, 0.3) is 0 Å². The Kier molecular flexibility index (Phi) is 5.51. The van der Waals surface area contributed by atoms with Crippen LogP contribution in [0.4, 0.5) is 5.69 Å². The summed E-state index contributed by atoms with van der Waals surface area (Å²) in [6, 6.07) is 10.4. The zero-order chi connectivity index (χ0) is 16.7. The third-order valence-electron chi connectivity index (χ3n) is 3.05. The van der Waals surface area contributed by atoms with E-state index in [0.717, 1.165) is 0 Å². The average Bonchev–Trinajstić information content (AvgIpc) is 2.60. The SMILES string of the molecule is CN(C(=O)CC(=O)COC(=O)c1ccnnc1)c1ccccc1. The number of para-hydroxylation sites is 1. The minimum atomic E-state index is -0.683. The van der Waals surface area contributed by atoms with Gasteiger partial charge in [-0.2, -0.15) is 10.2 Å². The lowest BCUT2D eigenvalue weighted by atomic mass is 10.2. The van der Waals surface area contributed by atoms with Crippen LogP contribution in [0.15, 0.2) is 48.8 Å². The van der Waals surface area contributed by atoms with Crippen molar-refractivity contribution in [3.05, 3.63) is 54.4 Å². The zero-order valence-corrected chi connectivity index (χ0v) is 12.5. The van der Waals surface area contributed by atoms with Gasteiger partial charge in [0, 0.05) is 12.7 Å². The molecule has 0 N–H and O–H groups in total. The van der Waals surface area contributed by atoms with Gasteiger partial charge >= 0.3 is 5.97 Å². The molecule has 0 saturated heterocycles. The zero-order valence-electron chi connectivity index (χ0n) is 12.5. The van der Waals surface area contributed by atoms with Gasteiger partial charge in [-0.25, -0.2) is 4.79 Å². The van der Waals surface area contributed by atoms with Crippen molar-refractivity contribution in [1.29, 1.82) is 0 Å². The number of carbonyl (C=O) groups is 3. The predicted molar refractivity (Wildman–Crippen MR) is 81.8 cm³/mol. The van der Waals surface area contributed by atoms with Gasteiger partial charge in [0.1, 0.15) is 0 Å². The summed E-state index contributed by atoms with van der Waals surface area (Å²) in [5, 5.41) is 7.08. The number of esters is 1. The van der Waals surface area contributed by atoms with Crippen molar-refractivity contribution in [3.8, 4) is 0 Å². The van der Waals surface area contributed by atoms with E-state index in [9.17, 15) is 14.4 Å². The Morgan fingerprint density at radius 2 is 1.83 bits per heavy atom. The fourth-order valence-electron chi connectivity index (χ4n) is 1.77. The second-order valence-electron chi connectivity index (χ2n) is 4.71. The second-order valence-corrected chi connectivity index (χ2v) is 4.71. The largest absolute Gasteiger partial charge is 0.454 e. The van der Waals surface area contributed by atoms with Crippen molar-refractivity contribution in [2.45, 2.75) is 6.42 Å². The molecule has 0 aliphatic carbocycles. The van der Waals surface area contributed by atoms with Crippen LogP contribution in [0.3, 0.4) is 0 Å². The van der Waals surface area contributed by atoms with E-state index < -0.39 is 18.4 Å². The third kappa shape index (κ3) is 4.70. The van der Waals surface area contributed by atoms with Crippen molar-refractivity contribution in [1.82, 2.24) is 10.2 Å². The van der Waals surface area contributed by atoms with E-state index in [1.807, 2.05) is 6.07 Å². The summed E-state index contributed by atoms with van der Waals surface area (Å²) in [4.78, 5) is 36.8. The van der Waals surface area contributed by atoms with E-state index in [0.29, 0.717) is 5.69 Å². The molecule has 0 atom stereocenters. The summed E-state index contributed by atoms with van der Waals surface area (Å²) in [6.07, 6.45) is 2.24. The van der Waals surface area contributed by atoms with Crippen LogP contribution in [0.5, 0.6) is 0 Å². The maximum absolute atomic E-state index is 12.0. The van der Waals surface area contributed by atoms with E-state index in [1.165, 1.54) is 23.4 Å². The Labute approximate surface area is 132 Å². The third-order valence-corrected chi connectivity index (χ3v) is 3.05. The number of rotatable bonds is 6. The van der Waals surface area contributed by atoms with Gasteiger partial charge in [0.2, 0.25) is 5.91 Å². The van der Waals surface area contributed by atoms with Crippen LogP contribution >= 0.6 is 0 Å². The number of Topliss-reactive ketones (excluding diaryl/α,β-unsaturated/α-hetero) is 1. The second kappa shape index (κ2) is 7.79. The lowest BCUT2D eigenvalue weighted by Gasteiger charge is -2.16. The quantitative estimate of drug-likeness (QED) is 0.589. The molecule has 1 aromatic heterocycles. The molecule has 1 aromatic carbocycles. The van der Waals surface area contributed by atoms with E-state index in [1.54, 1.807) is 31.3 Å². The Morgan fingerprint density at radius 1 is 1.09 bits per heavy atom. The first-order valence-corrected chi connectivity index (χ1v) is 6.85. The lowest BCUT2D eigenvalue weighted by molar-refractivity contribution is -0.128. The smallest absolute Gasteiger partial charge is 0.340 e. The molecule has 0 radical (unpaired) electrons. The van der Waals surface area contributed by atoms with Crippen LogP contribution in [-0.4, -0.2) is 41.5 Å². The molecule has 23 heavy (non-hydrogen) atoms. The van der Waals surface area contributed by atoms with Crippen molar-refractivity contribution in [3.63, 3.8) is 0 Å². The van der Waals surface area contributed by atoms with Gasteiger partial charge in [0.05, 0.1) is 24.4 Å². The Balaban J connectivity index is 1.83. The molecule has 118 valence electrons. The highest BCUT2D eigenvalue weighted by atomic mass is 16.5. The molecule has 1 heterocycles. The number of hydrogen-bond acceptors (Lipinski definition) is 6. The lowest BCUT2D eigenvalue weighted by Crippen LogP contribution is -2.29.